The monoisotopic (exact) mass is 541 g/mol. The summed E-state index contributed by atoms with van der Waals surface area (Å²) in [6, 6.07) is 28.0. The van der Waals surface area contributed by atoms with Gasteiger partial charge in [-0.3, -0.25) is 9.59 Å². The van der Waals surface area contributed by atoms with Crippen molar-refractivity contribution in [3.8, 4) is 0 Å². The molecule has 1 N–H and O–H groups in total. The molecule has 1 spiro atoms. The van der Waals surface area contributed by atoms with Gasteiger partial charge in [-0.25, -0.2) is 4.79 Å². The van der Waals surface area contributed by atoms with Crippen molar-refractivity contribution >= 4 is 35.2 Å². The van der Waals surface area contributed by atoms with E-state index in [-0.39, 0.29) is 36.2 Å². The molecule has 7 nitrogen and oxygen atoms in total. The SMILES string of the molecule is O=C(Cc1ccccc1)NC1C(=O)N2C1SC1(CCN(c3ccccc3)CC1)C2C(=O)OCc1ccccc1. The third-order valence-electron chi connectivity index (χ3n) is 7.91. The lowest BCUT2D eigenvalue weighted by molar-refractivity contribution is -0.165. The molecule has 0 radical (unpaired) electrons. The highest BCUT2D eigenvalue weighted by molar-refractivity contribution is 8.01. The van der Waals surface area contributed by atoms with Gasteiger partial charge in [0.25, 0.3) is 0 Å². The number of anilines is 1. The van der Waals surface area contributed by atoms with Gasteiger partial charge < -0.3 is 19.9 Å². The molecule has 0 saturated carbocycles. The molecule has 3 saturated heterocycles. The van der Waals surface area contributed by atoms with Crippen molar-refractivity contribution in [1.82, 2.24) is 10.2 Å². The number of rotatable bonds is 7. The summed E-state index contributed by atoms with van der Waals surface area (Å²) >= 11 is 1.66. The van der Waals surface area contributed by atoms with Crippen LogP contribution in [-0.2, 0) is 32.1 Å². The molecule has 3 fully saturated rings. The maximum Gasteiger partial charge on any atom is 0.330 e. The number of ether oxygens (including phenoxy) is 1. The van der Waals surface area contributed by atoms with Crippen molar-refractivity contribution < 1.29 is 19.1 Å². The fourth-order valence-corrected chi connectivity index (χ4v) is 7.79. The lowest BCUT2D eigenvalue weighted by atomic mass is 9.85. The van der Waals surface area contributed by atoms with Gasteiger partial charge in [-0.2, -0.15) is 0 Å². The lowest BCUT2D eigenvalue weighted by Crippen LogP contribution is -2.71. The highest BCUT2D eigenvalue weighted by Gasteiger charge is 2.67. The van der Waals surface area contributed by atoms with Crippen molar-refractivity contribution in [1.29, 1.82) is 0 Å². The Bertz CT molecular complexity index is 1330. The molecule has 3 heterocycles. The molecule has 3 unspecified atom stereocenters. The summed E-state index contributed by atoms with van der Waals surface area (Å²) in [4.78, 5) is 43.8. The van der Waals surface area contributed by atoms with E-state index in [9.17, 15) is 14.4 Å². The Balaban J connectivity index is 1.19. The van der Waals surface area contributed by atoms with Crippen LogP contribution in [0.3, 0.4) is 0 Å². The van der Waals surface area contributed by atoms with Gasteiger partial charge in [0, 0.05) is 18.8 Å². The maximum atomic E-state index is 13.6. The molecule has 3 aliphatic rings. The first-order chi connectivity index (χ1) is 19.0. The molecule has 3 aromatic rings. The number of carbonyl (C=O) groups excluding carboxylic acids is 3. The number of nitrogens with zero attached hydrogens (tertiary/aromatic N) is 2. The molecular formula is C31H31N3O4S. The summed E-state index contributed by atoms with van der Waals surface area (Å²) in [5, 5.41) is 2.66. The van der Waals surface area contributed by atoms with Gasteiger partial charge in [0.1, 0.15) is 24.1 Å². The third-order valence-corrected chi connectivity index (χ3v) is 9.76. The zero-order valence-corrected chi connectivity index (χ0v) is 22.4. The molecule has 6 rings (SSSR count). The predicted molar refractivity (Wildman–Crippen MR) is 151 cm³/mol. The van der Waals surface area contributed by atoms with Crippen molar-refractivity contribution in [2.45, 2.75) is 48.1 Å². The van der Waals surface area contributed by atoms with Crippen LogP contribution < -0.4 is 10.2 Å². The Kier molecular flexibility index (Phi) is 7.04. The number of thioether (sulfide) groups is 1. The zero-order valence-electron chi connectivity index (χ0n) is 21.6. The average Bonchev–Trinajstić information content (AvgIpc) is 3.27. The molecule has 3 aliphatic heterocycles. The third kappa shape index (κ3) is 5.01. The minimum absolute atomic E-state index is 0.164. The second-order valence-electron chi connectivity index (χ2n) is 10.3. The highest BCUT2D eigenvalue weighted by Crippen LogP contribution is 2.56. The summed E-state index contributed by atoms with van der Waals surface area (Å²) in [6.07, 6.45) is 1.69. The van der Waals surface area contributed by atoms with Gasteiger partial charge in [-0.1, -0.05) is 78.9 Å². The molecule has 3 atom stereocenters. The second kappa shape index (κ2) is 10.8. The fraction of sp³-hybridized carbons (Fsp3) is 0.323. The van der Waals surface area contributed by atoms with Crippen molar-refractivity contribution in [3.63, 3.8) is 0 Å². The van der Waals surface area contributed by atoms with Gasteiger partial charge in [0.2, 0.25) is 11.8 Å². The van der Waals surface area contributed by atoms with E-state index in [1.54, 1.807) is 16.7 Å². The standard InChI is InChI=1S/C31H31N3O4S/c35-25(20-22-10-4-1-5-11-22)32-26-28(36)34-27(30(37)38-21-23-12-6-2-7-13-23)31(39-29(26)34)16-18-33(19-17-31)24-14-8-3-9-15-24/h1-15,26-27,29H,16-21H2,(H,32,35). The lowest BCUT2D eigenvalue weighted by Gasteiger charge is -2.45. The van der Waals surface area contributed by atoms with Crippen LogP contribution in [0.4, 0.5) is 5.69 Å². The molecule has 2 amide bonds. The number of amides is 2. The van der Waals surface area contributed by atoms with Crippen molar-refractivity contribution in [3.05, 3.63) is 102 Å². The molecule has 3 aromatic carbocycles. The van der Waals surface area contributed by atoms with E-state index in [1.165, 1.54) is 0 Å². The number of benzene rings is 3. The highest BCUT2D eigenvalue weighted by atomic mass is 32.2. The van der Waals surface area contributed by atoms with Gasteiger partial charge >= 0.3 is 5.97 Å². The summed E-state index contributed by atoms with van der Waals surface area (Å²) in [5.74, 6) is -0.773. The minimum Gasteiger partial charge on any atom is -0.459 e. The average molecular weight is 542 g/mol. The van der Waals surface area contributed by atoms with E-state index in [4.69, 9.17) is 4.74 Å². The van der Waals surface area contributed by atoms with Gasteiger partial charge in [-0.05, 0) is 36.1 Å². The van der Waals surface area contributed by atoms with Crippen LogP contribution >= 0.6 is 11.8 Å². The van der Waals surface area contributed by atoms with E-state index < -0.39 is 16.8 Å². The Morgan fingerprint density at radius 1 is 0.872 bits per heavy atom. The Morgan fingerprint density at radius 2 is 1.46 bits per heavy atom. The van der Waals surface area contributed by atoms with Crippen molar-refractivity contribution in [2.24, 2.45) is 0 Å². The summed E-state index contributed by atoms with van der Waals surface area (Å²) in [5.41, 5.74) is 2.95. The molecular weight excluding hydrogens is 510 g/mol. The first-order valence-corrected chi connectivity index (χ1v) is 14.3. The molecule has 0 bridgehead atoms. The molecule has 200 valence electrons. The predicted octanol–water partition coefficient (Wildman–Crippen LogP) is 3.78. The first kappa shape index (κ1) is 25.5. The minimum atomic E-state index is -0.677. The number of fused-ring (bicyclic) bond motifs is 1. The van der Waals surface area contributed by atoms with E-state index in [1.807, 2.05) is 78.9 Å². The number of esters is 1. The van der Waals surface area contributed by atoms with Crippen LogP contribution in [0.15, 0.2) is 91.0 Å². The van der Waals surface area contributed by atoms with E-state index in [0.29, 0.717) is 0 Å². The Morgan fingerprint density at radius 3 is 2.10 bits per heavy atom. The van der Waals surface area contributed by atoms with Crippen LogP contribution in [-0.4, -0.2) is 58.0 Å². The number of nitrogens with one attached hydrogen (secondary N) is 1. The van der Waals surface area contributed by atoms with E-state index in [0.717, 1.165) is 42.7 Å². The van der Waals surface area contributed by atoms with Gasteiger partial charge in [0.15, 0.2) is 0 Å². The van der Waals surface area contributed by atoms with Crippen LogP contribution in [0, 0.1) is 0 Å². The number of hydrogen-bond acceptors (Lipinski definition) is 6. The Hall–Kier alpha value is -3.78. The zero-order chi connectivity index (χ0) is 26.8. The number of para-hydroxylation sites is 1. The van der Waals surface area contributed by atoms with E-state index in [2.05, 4.69) is 22.3 Å². The number of hydrogen-bond donors (Lipinski definition) is 1. The normalized spacial score (nSPS) is 23.2. The van der Waals surface area contributed by atoms with Crippen LogP contribution in [0.1, 0.15) is 24.0 Å². The summed E-state index contributed by atoms with van der Waals surface area (Å²) in [7, 11) is 0. The molecule has 39 heavy (non-hydrogen) atoms. The van der Waals surface area contributed by atoms with E-state index >= 15 is 0 Å². The maximum absolute atomic E-state index is 13.6. The molecule has 8 heteroatoms. The van der Waals surface area contributed by atoms with Gasteiger partial charge in [0.05, 0.1) is 11.2 Å². The van der Waals surface area contributed by atoms with Gasteiger partial charge in [-0.15, -0.1) is 11.8 Å². The number of piperidine rings is 1. The Labute approximate surface area is 232 Å². The quantitative estimate of drug-likeness (QED) is 0.362. The summed E-state index contributed by atoms with van der Waals surface area (Å²) < 4.78 is 5.34. The van der Waals surface area contributed by atoms with Crippen LogP contribution in [0.2, 0.25) is 0 Å². The van der Waals surface area contributed by atoms with Crippen LogP contribution in [0.5, 0.6) is 0 Å². The topological polar surface area (TPSA) is 79.0 Å². The van der Waals surface area contributed by atoms with Crippen LogP contribution in [0.25, 0.3) is 0 Å². The summed E-state index contributed by atoms with van der Waals surface area (Å²) in [6.45, 7) is 1.72. The number of carbonyl (C=O) groups is 3. The fourth-order valence-electron chi connectivity index (χ4n) is 5.89. The second-order valence-corrected chi connectivity index (χ2v) is 11.9. The smallest absolute Gasteiger partial charge is 0.330 e. The number of β-lactam (4-membered cyclic amide) rings is 1. The largest absolute Gasteiger partial charge is 0.459 e. The van der Waals surface area contributed by atoms with Crippen molar-refractivity contribution in [2.75, 3.05) is 18.0 Å². The molecule has 0 aromatic heterocycles. The molecule has 0 aliphatic carbocycles. The first-order valence-electron chi connectivity index (χ1n) is 13.4.